The van der Waals surface area contributed by atoms with Gasteiger partial charge in [-0.2, -0.15) is 0 Å². The first-order valence-electron chi connectivity index (χ1n) is 12.1. The number of carbonyl (C=O) groups excluding carboxylic acids is 1. The number of amides is 1. The normalized spacial score (nSPS) is 23.3. The predicted molar refractivity (Wildman–Crippen MR) is 140 cm³/mol. The lowest BCUT2D eigenvalue weighted by Gasteiger charge is -2.44. The Balaban J connectivity index is 2.52. The molecule has 0 aromatic heterocycles. The molecular weight excluding hydrogens is 430 g/mol. The van der Waals surface area contributed by atoms with Gasteiger partial charge < -0.3 is 13.8 Å². The fraction of sp³-hybridized carbons (Fsp3) is 0.731. The summed E-state index contributed by atoms with van der Waals surface area (Å²) in [7, 11) is -4.29. The molecule has 1 amide bonds. The number of likely N-dealkylation sites (tertiary alicyclic amines) is 1. The van der Waals surface area contributed by atoms with Gasteiger partial charge in [0.05, 0.1) is 12.1 Å². The van der Waals surface area contributed by atoms with E-state index in [0.717, 1.165) is 5.56 Å². The van der Waals surface area contributed by atoms with Gasteiger partial charge in [0, 0.05) is 6.54 Å². The molecule has 0 spiro atoms. The second-order valence-corrected chi connectivity index (χ2v) is 22.3. The highest BCUT2D eigenvalue weighted by Gasteiger charge is 2.56. The highest BCUT2D eigenvalue weighted by Crippen LogP contribution is 2.44. The van der Waals surface area contributed by atoms with E-state index in [1.807, 2.05) is 23.1 Å². The van der Waals surface area contributed by atoms with E-state index >= 15 is 0 Å². The minimum atomic E-state index is -2.17. The third-order valence-electron chi connectivity index (χ3n) is 7.86. The van der Waals surface area contributed by atoms with Crippen molar-refractivity contribution in [1.82, 2.24) is 4.90 Å². The van der Waals surface area contributed by atoms with Crippen molar-refractivity contribution >= 4 is 22.5 Å². The molecule has 32 heavy (non-hydrogen) atoms. The molecule has 0 N–H and O–H groups in total. The summed E-state index contributed by atoms with van der Waals surface area (Å²) in [5.74, 6) is 0.353. The van der Waals surface area contributed by atoms with Crippen molar-refractivity contribution < 1.29 is 13.6 Å². The molecule has 0 bridgehead atoms. The van der Waals surface area contributed by atoms with Crippen LogP contribution >= 0.6 is 0 Å². The lowest BCUT2D eigenvalue weighted by atomic mass is 9.98. The Kier molecular flexibility index (Phi) is 7.98. The smallest absolute Gasteiger partial charge is 0.253 e. The Morgan fingerprint density at radius 1 is 0.875 bits per heavy atom. The van der Waals surface area contributed by atoms with E-state index in [2.05, 4.69) is 93.7 Å². The Morgan fingerprint density at radius 2 is 1.34 bits per heavy atom. The Hall–Kier alpha value is -0.956. The molecular formula is C26H47NO3Si2. The topological polar surface area (TPSA) is 38.8 Å². The Morgan fingerprint density at radius 3 is 1.78 bits per heavy atom. The standard InChI is InChI=1S/C26H47NO3Si2/c1-19(2)21-22(29-31(9,10)25(3,4)5)23(30-32(11,12)26(6,7)8)24(28)27(21)18-20-16-14-13-15-17-20/h13-17,19,21-23H,18H2,1-12H3/t21-,22-,23+/m0/s1. The SMILES string of the molecule is CC(C)[C@H]1[C@H](O[Si](C)(C)C(C)(C)C)[C@@H](O[Si](C)(C)C(C)(C)C)C(=O)N1Cc1ccccc1. The predicted octanol–water partition coefficient (Wildman–Crippen LogP) is 6.83. The quantitative estimate of drug-likeness (QED) is 0.404. The van der Waals surface area contributed by atoms with Crippen LogP contribution in [-0.4, -0.2) is 45.7 Å². The van der Waals surface area contributed by atoms with Gasteiger partial charge in [-0.3, -0.25) is 4.79 Å². The monoisotopic (exact) mass is 477 g/mol. The average Bonchev–Trinajstić information content (AvgIpc) is 2.85. The molecule has 1 fully saturated rings. The molecule has 0 aliphatic carbocycles. The van der Waals surface area contributed by atoms with E-state index in [1.54, 1.807) is 0 Å². The third kappa shape index (κ3) is 5.75. The zero-order chi connectivity index (χ0) is 24.7. The van der Waals surface area contributed by atoms with Crippen LogP contribution in [0.25, 0.3) is 0 Å². The summed E-state index contributed by atoms with van der Waals surface area (Å²) in [4.78, 5) is 16.0. The van der Waals surface area contributed by atoms with Crippen molar-refractivity contribution in [3.8, 4) is 0 Å². The Labute approximate surface area is 199 Å². The first kappa shape index (κ1) is 27.3. The molecule has 0 radical (unpaired) electrons. The molecule has 0 saturated carbocycles. The van der Waals surface area contributed by atoms with E-state index in [-0.39, 0.29) is 34.0 Å². The van der Waals surface area contributed by atoms with Crippen molar-refractivity contribution in [3.63, 3.8) is 0 Å². The van der Waals surface area contributed by atoms with Crippen molar-refractivity contribution in [2.24, 2.45) is 5.92 Å². The van der Waals surface area contributed by atoms with Gasteiger partial charge in [-0.1, -0.05) is 85.7 Å². The summed E-state index contributed by atoms with van der Waals surface area (Å²) >= 11 is 0. The zero-order valence-electron chi connectivity index (χ0n) is 22.6. The lowest BCUT2D eigenvalue weighted by molar-refractivity contribution is -0.136. The maximum Gasteiger partial charge on any atom is 0.253 e. The first-order chi connectivity index (χ1) is 14.4. The molecule has 1 saturated heterocycles. The van der Waals surface area contributed by atoms with Crippen LogP contribution in [0.2, 0.25) is 36.3 Å². The number of rotatable bonds is 7. The van der Waals surface area contributed by atoms with Gasteiger partial charge in [0.1, 0.15) is 0 Å². The van der Waals surface area contributed by atoms with Crippen LogP contribution in [0.3, 0.4) is 0 Å². The van der Waals surface area contributed by atoms with Crippen molar-refractivity contribution in [2.45, 2.75) is 116 Å². The van der Waals surface area contributed by atoms with E-state index in [9.17, 15) is 4.79 Å². The maximum atomic E-state index is 13.9. The summed E-state index contributed by atoms with van der Waals surface area (Å²) in [6, 6.07) is 10.3. The fourth-order valence-corrected chi connectivity index (χ4v) is 6.29. The fourth-order valence-electron chi connectivity index (χ4n) is 3.77. The van der Waals surface area contributed by atoms with Gasteiger partial charge in [0.15, 0.2) is 22.7 Å². The Bertz CT molecular complexity index is 779. The van der Waals surface area contributed by atoms with Crippen LogP contribution in [0, 0.1) is 5.92 Å². The number of benzene rings is 1. The summed E-state index contributed by atoms with van der Waals surface area (Å²) in [6.07, 6.45) is -0.789. The molecule has 2 rings (SSSR count). The van der Waals surface area contributed by atoms with E-state index in [0.29, 0.717) is 6.54 Å². The van der Waals surface area contributed by atoms with Gasteiger partial charge in [0.25, 0.3) is 5.91 Å². The number of hydrogen-bond donors (Lipinski definition) is 0. The van der Waals surface area contributed by atoms with Crippen molar-refractivity contribution in [1.29, 1.82) is 0 Å². The first-order valence-corrected chi connectivity index (χ1v) is 17.9. The largest absolute Gasteiger partial charge is 0.409 e. The number of nitrogens with zero attached hydrogens (tertiary/aromatic N) is 1. The van der Waals surface area contributed by atoms with Crippen LogP contribution in [0.1, 0.15) is 61.0 Å². The van der Waals surface area contributed by atoms with E-state index < -0.39 is 22.7 Å². The molecule has 1 aliphatic heterocycles. The number of carbonyl (C=O) groups is 1. The molecule has 6 heteroatoms. The van der Waals surface area contributed by atoms with Crippen LogP contribution < -0.4 is 0 Å². The zero-order valence-corrected chi connectivity index (χ0v) is 24.6. The van der Waals surface area contributed by atoms with Gasteiger partial charge in [-0.05, 0) is 47.7 Å². The summed E-state index contributed by atoms with van der Waals surface area (Å²) in [6.45, 7) is 27.5. The van der Waals surface area contributed by atoms with Crippen molar-refractivity contribution in [3.05, 3.63) is 35.9 Å². The molecule has 3 atom stereocenters. The molecule has 4 nitrogen and oxygen atoms in total. The maximum absolute atomic E-state index is 13.9. The molecule has 1 aromatic carbocycles. The minimum Gasteiger partial charge on any atom is -0.409 e. The van der Waals surface area contributed by atoms with Crippen LogP contribution in [0.4, 0.5) is 0 Å². The van der Waals surface area contributed by atoms with E-state index in [4.69, 9.17) is 8.85 Å². The van der Waals surface area contributed by atoms with Crippen LogP contribution in [0.15, 0.2) is 30.3 Å². The molecule has 182 valence electrons. The minimum absolute atomic E-state index is 0.00778. The summed E-state index contributed by atoms with van der Waals surface area (Å²) in [5, 5.41) is 0.0843. The van der Waals surface area contributed by atoms with Gasteiger partial charge in [-0.25, -0.2) is 0 Å². The lowest BCUT2D eigenvalue weighted by Crippen LogP contribution is -2.54. The van der Waals surface area contributed by atoms with Gasteiger partial charge >= 0.3 is 0 Å². The molecule has 1 aliphatic rings. The average molecular weight is 478 g/mol. The highest BCUT2D eigenvalue weighted by molar-refractivity contribution is 6.74. The molecule has 1 aromatic rings. The molecule has 0 unspecified atom stereocenters. The second-order valence-electron chi connectivity index (χ2n) is 12.8. The third-order valence-corrected chi connectivity index (χ3v) is 16.8. The molecule has 1 heterocycles. The highest BCUT2D eigenvalue weighted by atomic mass is 28.4. The van der Waals surface area contributed by atoms with Crippen LogP contribution in [-0.2, 0) is 20.2 Å². The van der Waals surface area contributed by atoms with Gasteiger partial charge in [0.2, 0.25) is 0 Å². The summed E-state index contributed by atoms with van der Waals surface area (Å²) in [5.41, 5.74) is 1.14. The van der Waals surface area contributed by atoms with Gasteiger partial charge in [-0.15, -0.1) is 0 Å². The second kappa shape index (κ2) is 9.36. The van der Waals surface area contributed by atoms with E-state index in [1.165, 1.54) is 0 Å². The summed E-state index contributed by atoms with van der Waals surface area (Å²) < 4.78 is 13.9. The number of hydrogen-bond acceptors (Lipinski definition) is 3. The van der Waals surface area contributed by atoms with Crippen LogP contribution in [0.5, 0.6) is 0 Å². The van der Waals surface area contributed by atoms with Crippen molar-refractivity contribution in [2.75, 3.05) is 0 Å².